The van der Waals surface area contributed by atoms with E-state index in [4.69, 9.17) is 9.88 Å². The van der Waals surface area contributed by atoms with Crippen LogP contribution in [0.3, 0.4) is 0 Å². The van der Waals surface area contributed by atoms with E-state index in [1.807, 2.05) is 4.90 Å². The van der Waals surface area contributed by atoms with E-state index in [9.17, 15) is 18.0 Å². The van der Waals surface area contributed by atoms with E-state index in [1.165, 1.54) is 6.92 Å². The molecule has 0 aromatic carbocycles. The van der Waals surface area contributed by atoms with Crippen LogP contribution in [-0.2, 0) is 26.2 Å². The summed E-state index contributed by atoms with van der Waals surface area (Å²) in [6, 6.07) is 0. The molecule has 0 saturated heterocycles. The number of rotatable bonds is 12. The van der Waals surface area contributed by atoms with Gasteiger partial charge >= 0.3 is 5.97 Å². The van der Waals surface area contributed by atoms with E-state index in [1.54, 1.807) is 13.8 Å². The number of amides is 1. The first-order chi connectivity index (χ1) is 17.1. The van der Waals surface area contributed by atoms with Gasteiger partial charge in [-0.3, -0.25) is 10.1 Å². The molecule has 3 rings (SSSR count). The van der Waals surface area contributed by atoms with Crippen LogP contribution in [0.5, 0.6) is 0 Å². The number of carbonyl (C=O) groups excluding carboxylic acids is 2. The summed E-state index contributed by atoms with van der Waals surface area (Å²) in [6.07, 6.45) is 1.55. The maximum atomic E-state index is 12.2. The average molecular weight is 542 g/mol. The minimum Gasteiger partial charge on any atom is -0.462 e. The van der Waals surface area contributed by atoms with Gasteiger partial charge in [-0.05, 0) is 26.7 Å². The van der Waals surface area contributed by atoms with E-state index in [0.29, 0.717) is 53.5 Å². The number of thiazole rings is 1. The molecule has 36 heavy (non-hydrogen) atoms. The smallest absolute Gasteiger partial charge is 0.350 e. The second-order valence-electron chi connectivity index (χ2n) is 7.92. The summed E-state index contributed by atoms with van der Waals surface area (Å²) < 4.78 is 29.9. The van der Waals surface area contributed by atoms with Gasteiger partial charge < -0.3 is 20.3 Å². The molecular weight excluding hydrogens is 510 g/mol. The number of carbonyl (C=O) groups is 2. The van der Waals surface area contributed by atoms with Crippen molar-refractivity contribution in [3.05, 3.63) is 16.1 Å². The third-order valence-corrected chi connectivity index (χ3v) is 6.75. The predicted molar refractivity (Wildman–Crippen MR) is 137 cm³/mol. The number of aryl methyl sites for hydroxylation is 1. The molecule has 1 aliphatic rings. The van der Waals surface area contributed by atoms with E-state index >= 15 is 0 Å². The van der Waals surface area contributed by atoms with Gasteiger partial charge in [0.15, 0.2) is 5.13 Å². The van der Waals surface area contributed by atoms with Crippen molar-refractivity contribution in [2.45, 2.75) is 33.6 Å². The molecule has 0 aliphatic carbocycles. The quantitative estimate of drug-likeness (QED) is 0.183. The minimum absolute atomic E-state index is 0.116. The Bertz CT molecular complexity index is 1200. The normalized spacial score (nSPS) is 13.2. The molecule has 0 unspecified atom stereocenters. The van der Waals surface area contributed by atoms with Crippen molar-refractivity contribution in [3.8, 4) is 0 Å². The van der Waals surface area contributed by atoms with Gasteiger partial charge in [-0.1, -0.05) is 11.3 Å². The number of nitrogens with one attached hydrogen (secondary N) is 4. The van der Waals surface area contributed by atoms with Gasteiger partial charge in [0.25, 0.3) is 10.2 Å². The number of esters is 1. The minimum atomic E-state index is -3.81. The Balaban J connectivity index is 1.88. The zero-order valence-electron chi connectivity index (χ0n) is 20.4. The number of anilines is 4. The van der Waals surface area contributed by atoms with Gasteiger partial charge in [-0.15, -0.1) is 0 Å². The third-order valence-electron chi connectivity index (χ3n) is 5.09. The van der Waals surface area contributed by atoms with Crippen LogP contribution in [0.15, 0.2) is 0 Å². The van der Waals surface area contributed by atoms with Gasteiger partial charge in [0.05, 0.1) is 12.3 Å². The molecule has 14 nitrogen and oxygen atoms in total. The number of aromatic nitrogens is 3. The van der Waals surface area contributed by atoms with Crippen molar-refractivity contribution in [2.24, 2.45) is 5.14 Å². The molecule has 0 fully saturated rings. The van der Waals surface area contributed by atoms with Crippen molar-refractivity contribution in [1.82, 2.24) is 25.0 Å². The van der Waals surface area contributed by atoms with Gasteiger partial charge in [-0.25, -0.2) is 19.6 Å². The number of hydrogen-bond acceptors (Lipinski definition) is 12. The highest BCUT2D eigenvalue weighted by Gasteiger charge is 2.24. The van der Waals surface area contributed by atoms with Gasteiger partial charge in [0.2, 0.25) is 11.9 Å². The number of hydrogen-bond donors (Lipinski definition) is 5. The number of ether oxygens (including phenoxy) is 1. The summed E-state index contributed by atoms with van der Waals surface area (Å²) in [4.78, 5) is 39.4. The van der Waals surface area contributed by atoms with Crippen LogP contribution in [0.4, 0.5) is 22.7 Å². The highest BCUT2D eigenvalue weighted by molar-refractivity contribution is 7.87. The highest BCUT2D eigenvalue weighted by Crippen LogP contribution is 2.33. The molecule has 0 bridgehead atoms. The standard InChI is InChI=1S/C20H31N9O5S2/c1-4-34-18(31)15-12(2)25-20(35-15)28-19-26-16(23-8-7-22-13(3)30)14-6-5-10-29(17(14)27-19)11-9-24-36(21,32)33/h24H,4-11H2,1-3H3,(H,22,30)(H2,21,32,33)(H2,23,25,26,27,28). The van der Waals surface area contributed by atoms with E-state index in [0.717, 1.165) is 29.7 Å². The van der Waals surface area contributed by atoms with E-state index < -0.39 is 16.2 Å². The fourth-order valence-electron chi connectivity index (χ4n) is 3.61. The summed E-state index contributed by atoms with van der Waals surface area (Å²) >= 11 is 1.14. The first-order valence-corrected chi connectivity index (χ1v) is 13.8. The lowest BCUT2D eigenvalue weighted by Crippen LogP contribution is -2.40. The molecule has 1 aliphatic heterocycles. The first kappa shape index (κ1) is 27.5. The van der Waals surface area contributed by atoms with Crippen LogP contribution in [0.25, 0.3) is 0 Å². The summed E-state index contributed by atoms with van der Waals surface area (Å²) in [5, 5.41) is 14.5. The molecule has 0 atom stereocenters. The van der Waals surface area contributed by atoms with Crippen molar-refractivity contribution in [2.75, 3.05) is 54.9 Å². The van der Waals surface area contributed by atoms with Crippen LogP contribution in [-0.4, -0.2) is 74.6 Å². The van der Waals surface area contributed by atoms with Gasteiger partial charge in [0.1, 0.15) is 16.5 Å². The predicted octanol–water partition coefficient (Wildman–Crippen LogP) is 0.256. The van der Waals surface area contributed by atoms with Crippen LogP contribution in [0.2, 0.25) is 0 Å². The maximum Gasteiger partial charge on any atom is 0.350 e. The van der Waals surface area contributed by atoms with Gasteiger partial charge in [0, 0.05) is 45.2 Å². The zero-order chi connectivity index (χ0) is 26.3. The SMILES string of the molecule is CCOC(=O)c1sc(Nc2nc(NCCNC(C)=O)c3c(n2)N(CCNS(N)(=O)=O)CCC3)nc1C. The van der Waals surface area contributed by atoms with Crippen LogP contribution >= 0.6 is 11.3 Å². The second kappa shape index (κ2) is 12.2. The molecule has 1 amide bonds. The number of nitrogens with zero attached hydrogens (tertiary/aromatic N) is 4. The molecule has 0 spiro atoms. The summed E-state index contributed by atoms with van der Waals surface area (Å²) in [7, 11) is -3.81. The Labute approximate surface area is 213 Å². The fourth-order valence-corrected chi connectivity index (χ4v) is 4.84. The topological polar surface area (TPSA) is 194 Å². The average Bonchev–Trinajstić information content (AvgIpc) is 3.16. The zero-order valence-corrected chi connectivity index (χ0v) is 22.0. The second-order valence-corrected chi connectivity index (χ2v) is 10.3. The van der Waals surface area contributed by atoms with Crippen molar-refractivity contribution in [3.63, 3.8) is 0 Å². The monoisotopic (exact) mass is 541 g/mol. The lowest BCUT2D eigenvalue weighted by Gasteiger charge is -2.31. The first-order valence-electron chi connectivity index (χ1n) is 11.4. The molecule has 0 radical (unpaired) electrons. The van der Waals surface area contributed by atoms with Gasteiger partial charge in [-0.2, -0.15) is 18.4 Å². The Morgan fingerprint density at radius 2 is 1.97 bits per heavy atom. The largest absolute Gasteiger partial charge is 0.462 e. The number of nitrogens with two attached hydrogens (primary N) is 1. The molecule has 198 valence electrons. The summed E-state index contributed by atoms with van der Waals surface area (Å²) in [6.45, 7) is 7.16. The molecule has 0 saturated carbocycles. The lowest BCUT2D eigenvalue weighted by molar-refractivity contribution is -0.118. The molecule has 16 heteroatoms. The summed E-state index contributed by atoms with van der Waals surface area (Å²) in [5.41, 5.74) is 1.41. The van der Waals surface area contributed by atoms with E-state index in [-0.39, 0.29) is 25.0 Å². The maximum absolute atomic E-state index is 12.2. The van der Waals surface area contributed by atoms with E-state index in [2.05, 4.69) is 35.6 Å². The molecule has 2 aromatic heterocycles. The molecule has 3 heterocycles. The Morgan fingerprint density at radius 3 is 2.67 bits per heavy atom. The number of fused-ring (bicyclic) bond motifs is 1. The molecule has 2 aromatic rings. The van der Waals surface area contributed by atoms with Crippen molar-refractivity contribution in [1.29, 1.82) is 0 Å². The van der Waals surface area contributed by atoms with Crippen molar-refractivity contribution >= 4 is 56.1 Å². The van der Waals surface area contributed by atoms with Crippen LogP contribution < -0.4 is 30.7 Å². The van der Waals surface area contributed by atoms with Crippen molar-refractivity contribution < 1.29 is 22.7 Å². The highest BCUT2D eigenvalue weighted by atomic mass is 32.2. The molecule has 6 N–H and O–H groups in total. The fraction of sp³-hybridized carbons (Fsp3) is 0.550. The Kier molecular flexibility index (Phi) is 9.36. The molecular formula is C20H31N9O5S2. The Morgan fingerprint density at radius 1 is 1.19 bits per heavy atom. The summed E-state index contributed by atoms with van der Waals surface area (Å²) in [5.74, 6) is 0.924. The van der Waals surface area contributed by atoms with Crippen LogP contribution in [0, 0.1) is 6.92 Å². The third kappa shape index (κ3) is 7.71. The Hall–Kier alpha value is -3.08. The lowest BCUT2D eigenvalue weighted by atomic mass is 10.1. The van der Waals surface area contributed by atoms with Crippen LogP contribution in [0.1, 0.15) is 41.2 Å².